The molecule has 0 aromatic heterocycles. The first-order chi connectivity index (χ1) is 38.0. The molecule has 1 atom stereocenters. The van der Waals surface area contributed by atoms with Crippen LogP contribution in [0.15, 0.2) is 122 Å². The monoisotopic (exact) mass is 1070 g/mol. The van der Waals surface area contributed by atoms with Crippen molar-refractivity contribution >= 4 is 17.9 Å². The summed E-state index contributed by atoms with van der Waals surface area (Å²) < 4.78 is 16.9. The van der Waals surface area contributed by atoms with Crippen LogP contribution in [-0.4, -0.2) is 37.2 Å². The zero-order valence-corrected chi connectivity index (χ0v) is 50.2. The number of carbonyl (C=O) groups is 3. The van der Waals surface area contributed by atoms with Crippen LogP contribution in [0.25, 0.3) is 0 Å². The van der Waals surface area contributed by atoms with Gasteiger partial charge in [-0.2, -0.15) is 0 Å². The summed E-state index contributed by atoms with van der Waals surface area (Å²) >= 11 is 0. The van der Waals surface area contributed by atoms with Gasteiger partial charge in [-0.25, -0.2) is 0 Å². The summed E-state index contributed by atoms with van der Waals surface area (Å²) in [5.74, 6) is -0.933. The molecule has 0 saturated heterocycles. The van der Waals surface area contributed by atoms with Crippen molar-refractivity contribution in [2.24, 2.45) is 0 Å². The molecule has 6 nitrogen and oxygen atoms in total. The molecule has 0 bridgehead atoms. The van der Waals surface area contributed by atoms with Crippen LogP contribution in [0, 0.1) is 0 Å². The van der Waals surface area contributed by atoms with Gasteiger partial charge in [0.2, 0.25) is 0 Å². The minimum absolute atomic E-state index is 0.0961. The maximum Gasteiger partial charge on any atom is 0.306 e. The maximum atomic E-state index is 12.9. The Morgan fingerprint density at radius 1 is 0.273 bits per heavy atom. The topological polar surface area (TPSA) is 78.9 Å². The number of carbonyl (C=O) groups excluding carboxylic acids is 3. The summed E-state index contributed by atoms with van der Waals surface area (Å²) in [5, 5.41) is 0. The van der Waals surface area contributed by atoms with E-state index in [0.29, 0.717) is 19.3 Å². The summed E-state index contributed by atoms with van der Waals surface area (Å²) in [6.07, 6.45) is 89.1. The van der Waals surface area contributed by atoms with Crippen molar-refractivity contribution in [3.05, 3.63) is 122 Å². The summed E-state index contributed by atoms with van der Waals surface area (Å²) in [7, 11) is 0. The van der Waals surface area contributed by atoms with Crippen LogP contribution in [0.2, 0.25) is 0 Å². The van der Waals surface area contributed by atoms with E-state index in [9.17, 15) is 14.4 Å². The van der Waals surface area contributed by atoms with Gasteiger partial charge in [-0.05, 0) is 135 Å². The molecule has 0 aliphatic carbocycles. The van der Waals surface area contributed by atoms with Crippen molar-refractivity contribution in [3.63, 3.8) is 0 Å². The lowest BCUT2D eigenvalue weighted by molar-refractivity contribution is -0.167. The molecule has 0 spiro atoms. The van der Waals surface area contributed by atoms with Crippen molar-refractivity contribution in [3.8, 4) is 0 Å². The van der Waals surface area contributed by atoms with E-state index < -0.39 is 6.10 Å². The standard InChI is InChI=1S/C71H118O6/c1-4-7-10-13-16-19-22-25-28-31-32-33-34-35-36-37-38-39-40-41-44-46-49-52-55-58-61-64-70(73)76-67-68(77-71(74)65-62-59-56-53-50-47-43-30-27-24-21-18-15-12-9-6-3)66-75-69(72)63-60-57-54-51-48-45-42-29-26-23-20-17-14-11-8-5-2/h7,10,16,19,21,24-25,28-30,32-33,35-36,38-39,41-44,68H,4-6,8-9,11-15,17-18,20,22-23,26-27,31,34,37,40,45-67H2,1-3H3/b10-7-,19-16-,24-21-,28-25-,33-32-,36-35-,39-38-,42-29-,43-30-,44-41-. The second-order valence-corrected chi connectivity index (χ2v) is 20.9. The molecule has 0 N–H and O–H groups in total. The molecule has 0 radical (unpaired) electrons. The van der Waals surface area contributed by atoms with Gasteiger partial charge in [-0.1, -0.05) is 258 Å². The van der Waals surface area contributed by atoms with Gasteiger partial charge in [0.1, 0.15) is 13.2 Å². The van der Waals surface area contributed by atoms with Crippen molar-refractivity contribution in [2.45, 2.75) is 297 Å². The summed E-state index contributed by atoms with van der Waals surface area (Å²) in [6.45, 7) is 6.48. The Morgan fingerprint density at radius 3 is 0.818 bits per heavy atom. The molecule has 0 rings (SSSR count). The third-order valence-corrected chi connectivity index (χ3v) is 13.4. The van der Waals surface area contributed by atoms with Crippen LogP contribution in [-0.2, 0) is 28.6 Å². The van der Waals surface area contributed by atoms with Crippen molar-refractivity contribution in [1.29, 1.82) is 0 Å². The Kier molecular flexibility index (Phi) is 60.8. The zero-order valence-electron chi connectivity index (χ0n) is 50.2. The fourth-order valence-electron chi connectivity index (χ4n) is 8.62. The normalized spacial score (nSPS) is 12.9. The molecule has 0 aliphatic rings. The number of ether oxygens (including phenoxy) is 3. The van der Waals surface area contributed by atoms with Crippen LogP contribution in [0.4, 0.5) is 0 Å². The Labute approximate surface area is 475 Å². The average Bonchev–Trinajstić information content (AvgIpc) is 3.43. The van der Waals surface area contributed by atoms with Gasteiger partial charge in [-0.15, -0.1) is 0 Å². The van der Waals surface area contributed by atoms with Gasteiger partial charge in [0.05, 0.1) is 0 Å². The lowest BCUT2D eigenvalue weighted by Crippen LogP contribution is -2.30. The van der Waals surface area contributed by atoms with Gasteiger partial charge in [0.25, 0.3) is 0 Å². The molecule has 1 unspecified atom stereocenters. The van der Waals surface area contributed by atoms with Gasteiger partial charge in [0.15, 0.2) is 6.10 Å². The molecule has 0 fully saturated rings. The Bertz CT molecular complexity index is 1600. The number of rotatable bonds is 57. The molecule has 0 heterocycles. The first-order valence-corrected chi connectivity index (χ1v) is 32.0. The number of hydrogen-bond donors (Lipinski definition) is 0. The first-order valence-electron chi connectivity index (χ1n) is 32.0. The summed E-state index contributed by atoms with van der Waals surface area (Å²) in [6, 6.07) is 0. The van der Waals surface area contributed by atoms with E-state index in [2.05, 4.69) is 142 Å². The molecule has 0 saturated carbocycles. The molecule has 0 amide bonds. The highest BCUT2D eigenvalue weighted by atomic mass is 16.6. The summed E-state index contributed by atoms with van der Waals surface area (Å²) in [5.41, 5.74) is 0. The van der Waals surface area contributed by atoms with Gasteiger partial charge < -0.3 is 14.2 Å². The third-order valence-electron chi connectivity index (χ3n) is 13.4. The van der Waals surface area contributed by atoms with Gasteiger partial charge in [-0.3, -0.25) is 14.4 Å². The predicted molar refractivity (Wildman–Crippen MR) is 334 cm³/mol. The van der Waals surface area contributed by atoms with E-state index in [4.69, 9.17) is 14.2 Å². The van der Waals surface area contributed by atoms with E-state index in [0.717, 1.165) is 154 Å². The van der Waals surface area contributed by atoms with E-state index in [1.54, 1.807) is 0 Å². The van der Waals surface area contributed by atoms with E-state index in [1.807, 2.05) is 0 Å². The molecule has 0 aliphatic heterocycles. The molecule has 0 aromatic carbocycles. The molecule has 438 valence electrons. The minimum Gasteiger partial charge on any atom is -0.462 e. The van der Waals surface area contributed by atoms with Crippen molar-refractivity contribution in [2.75, 3.05) is 13.2 Å². The highest BCUT2D eigenvalue weighted by Crippen LogP contribution is 2.14. The second-order valence-electron chi connectivity index (χ2n) is 20.9. The number of esters is 3. The molecular formula is C71H118O6. The maximum absolute atomic E-state index is 12.9. The lowest BCUT2D eigenvalue weighted by atomic mass is 10.1. The molecular weight excluding hydrogens is 949 g/mol. The summed E-state index contributed by atoms with van der Waals surface area (Å²) in [4.78, 5) is 38.3. The van der Waals surface area contributed by atoms with E-state index in [1.165, 1.54) is 96.3 Å². The largest absolute Gasteiger partial charge is 0.462 e. The Balaban J connectivity index is 4.43. The number of hydrogen-bond acceptors (Lipinski definition) is 6. The van der Waals surface area contributed by atoms with Crippen molar-refractivity contribution < 1.29 is 28.6 Å². The van der Waals surface area contributed by atoms with Crippen LogP contribution in [0.1, 0.15) is 290 Å². The minimum atomic E-state index is -0.802. The fourth-order valence-corrected chi connectivity index (χ4v) is 8.62. The average molecular weight is 1070 g/mol. The smallest absolute Gasteiger partial charge is 0.306 e. The molecule has 0 aromatic rings. The SMILES string of the molecule is CC/C=C\C/C=C\C/C=C\C/C=C\C/C=C\C/C=C\C/C=C\CCCCCCCC(=O)OCC(COC(=O)CCCCCCC/C=C\CCCCCCCCC)OC(=O)CCCCCCC/C=C\C/C=C\CCCCCC. The second kappa shape index (κ2) is 64.3. The van der Waals surface area contributed by atoms with E-state index >= 15 is 0 Å². The van der Waals surface area contributed by atoms with E-state index in [-0.39, 0.29) is 31.1 Å². The first kappa shape index (κ1) is 72.8. The van der Waals surface area contributed by atoms with Crippen LogP contribution in [0.5, 0.6) is 0 Å². The lowest BCUT2D eigenvalue weighted by Gasteiger charge is -2.18. The van der Waals surface area contributed by atoms with Gasteiger partial charge in [0, 0.05) is 19.3 Å². The van der Waals surface area contributed by atoms with Crippen molar-refractivity contribution in [1.82, 2.24) is 0 Å². The highest BCUT2D eigenvalue weighted by Gasteiger charge is 2.19. The number of unbranched alkanes of at least 4 members (excludes halogenated alkanes) is 26. The third kappa shape index (κ3) is 62.5. The Morgan fingerprint density at radius 2 is 0.506 bits per heavy atom. The number of allylic oxidation sites excluding steroid dienone is 20. The quantitative estimate of drug-likeness (QED) is 0.0261. The molecule has 77 heavy (non-hydrogen) atoms. The highest BCUT2D eigenvalue weighted by molar-refractivity contribution is 5.71. The van der Waals surface area contributed by atoms with Crippen LogP contribution >= 0.6 is 0 Å². The Hall–Kier alpha value is -4.19. The zero-order chi connectivity index (χ0) is 55.7. The van der Waals surface area contributed by atoms with Gasteiger partial charge >= 0.3 is 17.9 Å². The predicted octanol–water partition coefficient (Wildman–Crippen LogP) is 22.0. The van der Waals surface area contributed by atoms with Crippen LogP contribution < -0.4 is 0 Å². The van der Waals surface area contributed by atoms with Crippen LogP contribution in [0.3, 0.4) is 0 Å². The fraction of sp³-hybridized carbons (Fsp3) is 0.676. The molecule has 6 heteroatoms.